The third-order valence-corrected chi connectivity index (χ3v) is 3.57. The summed E-state index contributed by atoms with van der Waals surface area (Å²) in [5, 5.41) is 4.38. The maximum atomic E-state index is 5.75. The number of rotatable bonds is 5. The van der Waals surface area contributed by atoms with Crippen LogP contribution >= 0.6 is 15.9 Å². The van der Waals surface area contributed by atoms with E-state index in [1.165, 1.54) is 0 Å². The van der Waals surface area contributed by atoms with Gasteiger partial charge in [0, 0.05) is 18.4 Å². The van der Waals surface area contributed by atoms with Crippen molar-refractivity contribution < 1.29 is 0 Å². The van der Waals surface area contributed by atoms with Crippen LogP contribution < -0.4 is 11.3 Å². The van der Waals surface area contributed by atoms with Crippen LogP contribution in [0.4, 0.5) is 0 Å². The van der Waals surface area contributed by atoms with E-state index in [4.69, 9.17) is 5.84 Å². The zero-order valence-corrected chi connectivity index (χ0v) is 12.7. The number of aryl methyl sites for hydroxylation is 2. The minimum absolute atomic E-state index is 0.106. The zero-order chi connectivity index (χ0) is 13.8. The number of hydrazine groups is 1. The number of hydrogen-bond acceptors (Lipinski definition) is 4. The lowest BCUT2D eigenvalue weighted by Gasteiger charge is -2.19. The molecule has 102 valence electrons. The van der Waals surface area contributed by atoms with Crippen molar-refractivity contribution in [3.05, 3.63) is 46.0 Å². The zero-order valence-electron chi connectivity index (χ0n) is 11.1. The van der Waals surface area contributed by atoms with Crippen molar-refractivity contribution >= 4 is 15.9 Å². The number of nitrogens with two attached hydrogens (primary N) is 1. The standard InChI is InChI=1S/C13H18BrN5/c1-3-6-19-13(11(14)8-17-19)12(18-15)10-4-5-16-9(2)7-10/h4-5,7-8,12,18H,3,6,15H2,1-2H3. The van der Waals surface area contributed by atoms with E-state index in [-0.39, 0.29) is 6.04 Å². The second-order valence-electron chi connectivity index (χ2n) is 4.43. The molecule has 0 aliphatic heterocycles. The van der Waals surface area contributed by atoms with Gasteiger partial charge in [0.05, 0.1) is 22.4 Å². The first-order chi connectivity index (χ1) is 9.17. The highest BCUT2D eigenvalue weighted by molar-refractivity contribution is 9.10. The fourth-order valence-electron chi connectivity index (χ4n) is 2.13. The van der Waals surface area contributed by atoms with Crippen LogP contribution in [-0.2, 0) is 6.54 Å². The van der Waals surface area contributed by atoms with Crippen LogP contribution in [0.5, 0.6) is 0 Å². The van der Waals surface area contributed by atoms with Crippen molar-refractivity contribution in [1.82, 2.24) is 20.2 Å². The van der Waals surface area contributed by atoms with Crippen LogP contribution in [0, 0.1) is 6.92 Å². The van der Waals surface area contributed by atoms with E-state index in [0.29, 0.717) is 0 Å². The second kappa shape index (κ2) is 6.27. The van der Waals surface area contributed by atoms with Crippen molar-refractivity contribution in [1.29, 1.82) is 0 Å². The average molecular weight is 324 g/mol. The molecule has 0 saturated heterocycles. The predicted molar refractivity (Wildman–Crippen MR) is 78.4 cm³/mol. The Bertz CT molecular complexity index is 552. The normalized spacial score (nSPS) is 12.6. The fraction of sp³-hybridized carbons (Fsp3) is 0.385. The summed E-state index contributed by atoms with van der Waals surface area (Å²) in [5.41, 5.74) is 5.95. The van der Waals surface area contributed by atoms with Gasteiger partial charge in [-0.1, -0.05) is 6.92 Å². The quantitative estimate of drug-likeness (QED) is 0.654. The largest absolute Gasteiger partial charge is 0.271 e. The van der Waals surface area contributed by atoms with Gasteiger partial charge in [-0.3, -0.25) is 15.5 Å². The van der Waals surface area contributed by atoms with Gasteiger partial charge in [-0.2, -0.15) is 5.10 Å². The number of halogens is 1. The summed E-state index contributed by atoms with van der Waals surface area (Å²) in [4.78, 5) is 4.22. The first-order valence-electron chi connectivity index (χ1n) is 6.27. The Kier molecular flexibility index (Phi) is 4.68. The number of aromatic nitrogens is 3. The number of hydrogen-bond donors (Lipinski definition) is 2. The van der Waals surface area contributed by atoms with Crippen molar-refractivity contribution in [2.75, 3.05) is 0 Å². The van der Waals surface area contributed by atoms with Gasteiger partial charge in [0.1, 0.15) is 0 Å². The first-order valence-corrected chi connectivity index (χ1v) is 7.06. The highest BCUT2D eigenvalue weighted by Crippen LogP contribution is 2.28. The summed E-state index contributed by atoms with van der Waals surface area (Å²) >= 11 is 3.55. The molecular formula is C13H18BrN5. The summed E-state index contributed by atoms with van der Waals surface area (Å²) in [5.74, 6) is 5.75. The van der Waals surface area contributed by atoms with E-state index >= 15 is 0 Å². The van der Waals surface area contributed by atoms with Crippen molar-refractivity contribution in [3.63, 3.8) is 0 Å². The molecule has 0 aliphatic rings. The van der Waals surface area contributed by atoms with Gasteiger partial charge in [-0.05, 0) is 47.0 Å². The van der Waals surface area contributed by atoms with Gasteiger partial charge in [-0.15, -0.1) is 0 Å². The van der Waals surface area contributed by atoms with E-state index in [2.05, 4.69) is 38.4 Å². The highest BCUT2D eigenvalue weighted by Gasteiger charge is 2.20. The van der Waals surface area contributed by atoms with Crippen LogP contribution in [-0.4, -0.2) is 14.8 Å². The molecule has 2 rings (SSSR count). The summed E-state index contributed by atoms with van der Waals surface area (Å²) < 4.78 is 2.93. The fourth-order valence-corrected chi connectivity index (χ4v) is 2.65. The van der Waals surface area contributed by atoms with Gasteiger partial charge in [0.15, 0.2) is 0 Å². The van der Waals surface area contributed by atoms with Crippen LogP contribution in [0.3, 0.4) is 0 Å². The maximum absolute atomic E-state index is 5.75. The lowest BCUT2D eigenvalue weighted by molar-refractivity contribution is 0.519. The first kappa shape index (κ1) is 14.2. The van der Waals surface area contributed by atoms with Gasteiger partial charge >= 0.3 is 0 Å². The Hall–Kier alpha value is -1.24. The van der Waals surface area contributed by atoms with E-state index in [1.807, 2.05) is 29.9 Å². The summed E-state index contributed by atoms with van der Waals surface area (Å²) in [6.07, 6.45) is 4.63. The Morgan fingerprint density at radius 2 is 2.32 bits per heavy atom. The predicted octanol–water partition coefficient (Wildman–Crippen LogP) is 2.31. The van der Waals surface area contributed by atoms with Gasteiger partial charge in [-0.25, -0.2) is 5.43 Å². The maximum Gasteiger partial charge on any atom is 0.0891 e. The minimum atomic E-state index is -0.106. The molecule has 0 spiro atoms. The summed E-state index contributed by atoms with van der Waals surface area (Å²) in [6.45, 7) is 4.96. The molecule has 19 heavy (non-hydrogen) atoms. The third kappa shape index (κ3) is 3.02. The molecular weight excluding hydrogens is 306 g/mol. The number of nitrogens with zero attached hydrogens (tertiary/aromatic N) is 3. The van der Waals surface area contributed by atoms with E-state index in [1.54, 1.807) is 6.20 Å². The van der Waals surface area contributed by atoms with E-state index in [9.17, 15) is 0 Å². The lowest BCUT2D eigenvalue weighted by Crippen LogP contribution is -2.31. The molecule has 3 N–H and O–H groups in total. The Morgan fingerprint density at radius 3 is 2.95 bits per heavy atom. The van der Waals surface area contributed by atoms with E-state index < -0.39 is 0 Å². The number of pyridine rings is 1. The Morgan fingerprint density at radius 1 is 1.53 bits per heavy atom. The second-order valence-corrected chi connectivity index (χ2v) is 5.29. The van der Waals surface area contributed by atoms with Crippen LogP contribution in [0.15, 0.2) is 29.0 Å². The SMILES string of the molecule is CCCn1ncc(Br)c1C(NN)c1ccnc(C)c1. The molecule has 0 radical (unpaired) electrons. The molecule has 1 atom stereocenters. The topological polar surface area (TPSA) is 68.8 Å². The average Bonchev–Trinajstić information content (AvgIpc) is 2.74. The monoisotopic (exact) mass is 323 g/mol. The van der Waals surface area contributed by atoms with Crippen molar-refractivity contribution in [2.45, 2.75) is 32.9 Å². The molecule has 0 amide bonds. The summed E-state index contributed by atoms with van der Waals surface area (Å²) in [6, 6.07) is 3.89. The molecule has 2 heterocycles. The highest BCUT2D eigenvalue weighted by atomic mass is 79.9. The van der Waals surface area contributed by atoms with Gasteiger partial charge < -0.3 is 0 Å². The molecule has 1 unspecified atom stereocenters. The molecule has 2 aromatic heterocycles. The molecule has 0 aromatic carbocycles. The smallest absolute Gasteiger partial charge is 0.0891 e. The lowest BCUT2D eigenvalue weighted by atomic mass is 10.0. The van der Waals surface area contributed by atoms with Crippen LogP contribution in [0.1, 0.15) is 36.3 Å². The van der Waals surface area contributed by atoms with Gasteiger partial charge in [0.25, 0.3) is 0 Å². The number of nitrogens with one attached hydrogen (secondary N) is 1. The molecule has 2 aromatic rings. The van der Waals surface area contributed by atoms with Crippen LogP contribution in [0.25, 0.3) is 0 Å². The Labute approximate surface area is 121 Å². The molecule has 0 saturated carbocycles. The van der Waals surface area contributed by atoms with Crippen LogP contribution in [0.2, 0.25) is 0 Å². The molecule has 0 aliphatic carbocycles. The minimum Gasteiger partial charge on any atom is -0.271 e. The molecule has 5 nitrogen and oxygen atoms in total. The van der Waals surface area contributed by atoms with Crippen molar-refractivity contribution in [3.8, 4) is 0 Å². The molecule has 0 fully saturated rings. The van der Waals surface area contributed by atoms with E-state index in [0.717, 1.165) is 34.4 Å². The van der Waals surface area contributed by atoms with Gasteiger partial charge in [0.2, 0.25) is 0 Å². The molecule has 6 heteroatoms. The summed E-state index contributed by atoms with van der Waals surface area (Å²) in [7, 11) is 0. The van der Waals surface area contributed by atoms with Crippen molar-refractivity contribution in [2.24, 2.45) is 5.84 Å². The molecule has 0 bridgehead atoms. The third-order valence-electron chi connectivity index (χ3n) is 2.96. The Balaban J connectivity index is 2.44.